The summed E-state index contributed by atoms with van der Waals surface area (Å²) in [5, 5.41) is 0. The van der Waals surface area contributed by atoms with E-state index in [1.165, 1.54) is 6.26 Å². The van der Waals surface area contributed by atoms with Crippen LogP contribution in [0.1, 0.15) is 30.0 Å². The molecule has 2 unspecified atom stereocenters. The minimum Gasteiger partial charge on any atom is -0.467 e. The van der Waals surface area contributed by atoms with Gasteiger partial charge in [0.2, 0.25) is 0 Å². The molecule has 3 rings (SSSR count). The number of rotatable bonds is 2. The van der Waals surface area contributed by atoms with Gasteiger partial charge in [-0.05, 0) is 23.3 Å². The van der Waals surface area contributed by atoms with Crippen LogP contribution in [0.4, 0.5) is 0 Å². The third-order valence-electron chi connectivity index (χ3n) is 4.51. The van der Waals surface area contributed by atoms with Crippen molar-refractivity contribution in [3.8, 4) is 0 Å². The van der Waals surface area contributed by atoms with Gasteiger partial charge >= 0.3 is 0 Å². The highest BCUT2D eigenvalue weighted by Crippen LogP contribution is 2.62. The quantitative estimate of drug-likeness (QED) is 0.843. The molecule has 2 atom stereocenters. The molecule has 17 heavy (non-hydrogen) atoms. The zero-order valence-corrected chi connectivity index (χ0v) is 10.3. The molecule has 2 aliphatic rings. The van der Waals surface area contributed by atoms with Crippen LogP contribution in [0.15, 0.2) is 16.7 Å². The normalized spacial score (nSPS) is 29.2. The van der Waals surface area contributed by atoms with Gasteiger partial charge in [0.1, 0.15) is 12.0 Å². The molecule has 1 amide bonds. The predicted molar refractivity (Wildman–Crippen MR) is 63.3 cm³/mol. The minimum atomic E-state index is 0.0800. The summed E-state index contributed by atoms with van der Waals surface area (Å²) >= 11 is 0. The molecule has 1 aromatic rings. The molecule has 0 spiro atoms. The number of hydrogen-bond acceptors (Lipinski definition) is 3. The highest BCUT2D eigenvalue weighted by atomic mass is 16.3. The second-order valence-electron chi connectivity index (χ2n) is 5.75. The van der Waals surface area contributed by atoms with Gasteiger partial charge in [-0.15, -0.1) is 0 Å². The van der Waals surface area contributed by atoms with Crippen molar-refractivity contribution in [2.24, 2.45) is 23.0 Å². The molecule has 0 bridgehead atoms. The third kappa shape index (κ3) is 1.51. The Kier molecular flexibility index (Phi) is 2.14. The molecule has 1 aliphatic heterocycles. The van der Waals surface area contributed by atoms with Crippen molar-refractivity contribution in [1.29, 1.82) is 0 Å². The summed E-state index contributed by atoms with van der Waals surface area (Å²) in [5.41, 5.74) is 6.53. The van der Waals surface area contributed by atoms with Crippen molar-refractivity contribution in [3.05, 3.63) is 23.7 Å². The number of carbonyl (C=O) groups is 1. The number of piperidine rings is 1. The number of nitrogens with zero attached hydrogens (tertiary/aromatic N) is 1. The second-order valence-corrected chi connectivity index (χ2v) is 5.75. The number of furan rings is 1. The van der Waals surface area contributed by atoms with Crippen LogP contribution in [-0.4, -0.2) is 23.9 Å². The fourth-order valence-corrected chi connectivity index (χ4v) is 3.08. The smallest absolute Gasteiger partial charge is 0.257 e. The van der Waals surface area contributed by atoms with Gasteiger partial charge in [0, 0.05) is 13.1 Å². The molecule has 92 valence electrons. The monoisotopic (exact) mass is 234 g/mol. The van der Waals surface area contributed by atoms with Gasteiger partial charge in [0.15, 0.2) is 0 Å². The Bertz CT molecular complexity index is 450. The van der Waals surface area contributed by atoms with E-state index in [0.29, 0.717) is 35.1 Å². The molecule has 2 N–H and O–H groups in total. The summed E-state index contributed by atoms with van der Waals surface area (Å²) in [6.45, 7) is 6.69. The number of carbonyl (C=O) groups excluding carboxylic acids is 1. The van der Waals surface area contributed by atoms with Crippen LogP contribution in [0.5, 0.6) is 0 Å². The molecule has 0 radical (unpaired) electrons. The first-order valence-corrected chi connectivity index (χ1v) is 6.11. The van der Waals surface area contributed by atoms with Crippen molar-refractivity contribution in [2.75, 3.05) is 13.1 Å². The van der Waals surface area contributed by atoms with Gasteiger partial charge in [-0.3, -0.25) is 4.79 Å². The molecule has 4 heteroatoms. The summed E-state index contributed by atoms with van der Waals surface area (Å²) in [6.07, 6.45) is 1.51. The molecule has 1 saturated carbocycles. The topological polar surface area (TPSA) is 59.5 Å². The van der Waals surface area contributed by atoms with E-state index < -0.39 is 0 Å². The van der Waals surface area contributed by atoms with Gasteiger partial charge in [0.05, 0.1) is 12.1 Å². The van der Waals surface area contributed by atoms with E-state index in [4.69, 9.17) is 10.2 Å². The lowest BCUT2D eigenvalue weighted by Gasteiger charge is -2.21. The number of nitrogens with two attached hydrogens (primary N) is 1. The van der Waals surface area contributed by atoms with Crippen LogP contribution in [-0.2, 0) is 6.54 Å². The van der Waals surface area contributed by atoms with Crippen molar-refractivity contribution in [3.63, 3.8) is 0 Å². The molecule has 4 nitrogen and oxygen atoms in total. The summed E-state index contributed by atoms with van der Waals surface area (Å²) in [6, 6.07) is 1.75. The van der Waals surface area contributed by atoms with Crippen LogP contribution < -0.4 is 5.73 Å². The summed E-state index contributed by atoms with van der Waals surface area (Å²) in [4.78, 5) is 14.1. The highest BCUT2D eigenvalue weighted by molar-refractivity contribution is 5.94. The fraction of sp³-hybridized carbons (Fsp3) is 0.615. The zero-order valence-electron chi connectivity index (χ0n) is 10.3. The molecule has 1 aliphatic carbocycles. The molecule has 1 saturated heterocycles. The number of hydrogen-bond donors (Lipinski definition) is 1. The van der Waals surface area contributed by atoms with Crippen LogP contribution in [0.25, 0.3) is 0 Å². The second kappa shape index (κ2) is 3.35. The Morgan fingerprint density at radius 3 is 2.71 bits per heavy atom. The van der Waals surface area contributed by atoms with Crippen LogP contribution in [0.2, 0.25) is 0 Å². The van der Waals surface area contributed by atoms with E-state index >= 15 is 0 Å². The number of likely N-dealkylation sites (tertiary alicyclic amines) is 1. The van der Waals surface area contributed by atoms with Gasteiger partial charge < -0.3 is 15.1 Å². The molecular weight excluding hydrogens is 216 g/mol. The summed E-state index contributed by atoms with van der Waals surface area (Å²) in [5.74, 6) is 2.12. The fourth-order valence-electron chi connectivity index (χ4n) is 3.08. The predicted octanol–water partition coefficient (Wildman–Crippen LogP) is 1.47. The van der Waals surface area contributed by atoms with E-state index in [1.807, 2.05) is 4.90 Å². The van der Waals surface area contributed by atoms with E-state index in [0.717, 1.165) is 13.1 Å². The van der Waals surface area contributed by atoms with Gasteiger partial charge in [-0.2, -0.15) is 0 Å². The van der Waals surface area contributed by atoms with E-state index in [1.54, 1.807) is 6.07 Å². The van der Waals surface area contributed by atoms with Crippen LogP contribution in [0.3, 0.4) is 0 Å². The maximum atomic E-state index is 12.2. The first kappa shape index (κ1) is 10.8. The average Bonchev–Trinajstić information content (AvgIpc) is 2.81. The SMILES string of the molecule is CC1(C)C2CN(C(=O)c3coc(CN)c3)CC21. The van der Waals surface area contributed by atoms with E-state index in [9.17, 15) is 4.79 Å². The Balaban J connectivity index is 1.69. The maximum absolute atomic E-state index is 12.2. The van der Waals surface area contributed by atoms with Gasteiger partial charge in [-0.25, -0.2) is 0 Å². The van der Waals surface area contributed by atoms with Gasteiger partial charge in [0.25, 0.3) is 5.91 Å². The Morgan fingerprint density at radius 2 is 2.18 bits per heavy atom. The maximum Gasteiger partial charge on any atom is 0.257 e. The van der Waals surface area contributed by atoms with Crippen LogP contribution >= 0.6 is 0 Å². The van der Waals surface area contributed by atoms with Gasteiger partial charge in [-0.1, -0.05) is 13.8 Å². The molecule has 2 heterocycles. The zero-order chi connectivity index (χ0) is 12.2. The average molecular weight is 234 g/mol. The largest absolute Gasteiger partial charge is 0.467 e. The standard InChI is InChI=1S/C13H18N2O2/c1-13(2)10-5-15(6-11(10)13)12(16)8-3-9(4-14)17-7-8/h3,7,10-11H,4-6,14H2,1-2H3. The number of fused-ring (bicyclic) bond motifs is 1. The third-order valence-corrected chi connectivity index (χ3v) is 4.51. The molecule has 2 fully saturated rings. The summed E-state index contributed by atoms with van der Waals surface area (Å²) < 4.78 is 5.20. The Morgan fingerprint density at radius 1 is 1.53 bits per heavy atom. The van der Waals surface area contributed by atoms with Crippen molar-refractivity contribution >= 4 is 5.91 Å². The molecule has 0 aromatic carbocycles. The first-order chi connectivity index (χ1) is 8.04. The molecular formula is C13H18N2O2. The van der Waals surface area contributed by atoms with E-state index in [2.05, 4.69) is 13.8 Å². The highest BCUT2D eigenvalue weighted by Gasteiger charge is 2.62. The Hall–Kier alpha value is -1.29. The minimum absolute atomic E-state index is 0.0800. The van der Waals surface area contributed by atoms with E-state index in [-0.39, 0.29) is 5.91 Å². The number of amides is 1. The first-order valence-electron chi connectivity index (χ1n) is 6.11. The molecule has 1 aromatic heterocycles. The van der Waals surface area contributed by atoms with Crippen LogP contribution in [0, 0.1) is 17.3 Å². The lowest BCUT2D eigenvalue weighted by molar-refractivity contribution is 0.0757. The van der Waals surface area contributed by atoms with Crippen molar-refractivity contribution < 1.29 is 9.21 Å². The van der Waals surface area contributed by atoms with Crippen molar-refractivity contribution in [1.82, 2.24) is 4.90 Å². The van der Waals surface area contributed by atoms with Crippen molar-refractivity contribution in [2.45, 2.75) is 20.4 Å². The summed E-state index contributed by atoms with van der Waals surface area (Å²) in [7, 11) is 0. The lowest BCUT2D eigenvalue weighted by atomic mass is 10.1. The lowest BCUT2D eigenvalue weighted by Crippen LogP contribution is -2.32. The Labute approximate surface area is 101 Å².